The predicted molar refractivity (Wildman–Crippen MR) is 122 cm³/mol. The Balaban J connectivity index is 1.59. The third-order valence-corrected chi connectivity index (χ3v) is 6.68. The van der Waals surface area contributed by atoms with E-state index < -0.39 is 10.0 Å². The van der Waals surface area contributed by atoms with Crippen molar-refractivity contribution in [2.24, 2.45) is 0 Å². The predicted octanol–water partition coefficient (Wildman–Crippen LogP) is 4.49. The average molecular weight is 459 g/mol. The maximum Gasteiger partial charge on any atom is 0.262 e. The molecule has 0 aromatic heterocycles. The lowest BCUT2D eigenvalue weighted by Gasteiger charge is -2.17. The van der Waals surface area contributed by atoms with Crippen molar-refractivity contribution in [2.45, 2.75) is 18.4 Å². The number of amides is 1. The zero-order valence-corrected chi connectivity index (χ0v) is 18.8. The third kappa shape index (κ3) is 6.07. The van der Waals surface area contributed by atoms with E-state index in [4.69, 9.17) is 16.3 Å². The van der Waals surface area contributed by atoms with Crippen LogP contribution < -0.4 is 10.1 Å². The molecule has 0 heterocycles. The minimum Gasteiger partial charge on any atom is -0.484 e. The normalized spacial score (nSPS) is 11.4. The second-order valence-corrected chi connectivity index (χ2v) is 9.50. The smallest absolute Gasteiger partial charge is 0.262 e. The quantitative estimate of drug-likeness (QED) is 0.539. The summed E-state index contributed by atoms with van der Waals surface area (Å²) in [7, 11) is -2.11. The van der Waals surface area contributed by atoms with Gasteiger partial charge in [-0.05, 0) is 54.4 Å². The summed E-state index contributed by atoms with van der Waals surface area (Å²) in [5.74, 6) is 0.0484. The Kier molecular flexibility index (Phi) is 7.33. The maximum absolute atomic E-state index is 12.8. The van der Waals surface area contributed by atoms with Gasteiger partial charge in [0.2, 0.25) is 10.0 Å². The van der Waals surface area contributed by atoms with Crippen LogP contribution in [0.2, 0.25) is 5.02 Å². The minimum atomic E-state index is -3.65. The molecule has 0 spiro atoms. The summed E-state index contributed by atoms with van der Waals surface area (Å²) >= 11 is 5.96. The lowest BCUT2D eigenvalue weighted by molar-refractivity contribution is -0.118. The number of anilines is 1. The number of aryl methyl sites for hydroxylation is 1. The van der Waals surface area contributed by atoms with Gasteiger partial charge in [0.1, 0.15) is 5.75 Å². The highest BCUT2D eigenvalue weighted by atomic mass is 35.5. The number of nitrogens with zero attached hydrogens (tertiary/aromatic N) is 1. The monoisotopic (exact) mass is 458 g/mol. The number of carbonyl (C=O) groups is 1. The van der Waals surface area contributed by atoms with Crippen molar-refractivity contribution in [3.8, 4) is 5.75 Å². The van der Waals surface area contributed by atoms with E-state index in [1.807, 2.05) is 43.3 Å². The molecule has 0 unspecified atom stereocenters. The number of hydrogen-bond donors (Lipinski definition) is 1. The van der Waals surface area contributed by atoms with Crippen LogP contribution in [0.4, 0.5) is 5.69 Å². The van der Waals surface area contributed by atoms with Gasteiger partial charge in [0.25, 0.3) is 5.91 Å². The number of benzene rings is 3. The number of rotatable bonds is 8. The first-order chi connectivity index (χ1) is 14.8. The van der Waals surface area contributed by atoms with Gasteiger partial charge in [-0.3, -0.25) is 4.79 Å². The summed E-state index contributed by atoms with van der Waals surface area (Å²) in [5.41, 5.74) is 2.39. The average Bonchev–Trinajstić information content (AvgIpc) is 2.76. The van der Waals surface area contributed by atoms with Crippen molar-refractivity contribution in [1.82, 2.24) is 4.31 Å². The molecule has 0 radical (unpaired) electrons. The van der Waals surface area contributed by atoms with Crippen LogP contribution in [-0.4, -0.2) is 32.3 Å². The summed E-state index contributed by atoms with van der Waals surface area (Å²) in [6, 6.07) is 20.6. The number of nitrogens with one attached hydrogen (secondary N) is 1. The minimum absolute atomic E-state index is 0.150. The van der Waals surface area contributed by atoms with Crippen molar-refractivity contribution < 1.29 is 17.9 Å². The molecule has 162 valence electrons. The molecule has 1 N–H and O–H groups in total. The van der Waals surface area contributed by atoms with Gasteiger partial charge in [-0.15, -0.1) is 0 Å². The molecule has 0 bridgehead atoms. The fourth-order valence-corrected chi connectivity index (χ4v) is 4.21. The van der Waals surface area contributed by atoms with Gasteiger partial charge in [-0.25, -0.2) is 8.42 Å². The van der Waals surface area contributed by atoms with Crippen LogP contribution in [0, 0.1) is 6.92 Å². The number of sulfonamides is 1. The second-order valence-electron chi connectivity index (χ2n) is 7.01. The lowest BCUT2D eigenvalue weighted by atomic mass is 10.2. The van der Waals surface area contributed by atoms with Crippen molar-refractivity contribution in [3.05, 3.63) is 88.9 Å². The van der Waals surface area contributed by atoms with E-state index in [1.54, 1.807) is 12.1 Å². The van der Waals surface area contributed by atoms with Crippen molar-refractivity contribution in [3.63, 3.8) is 0 Å². The largest absolute Gasteiger partial charge is 0.484 e. The molecular weight excluding hydrogens is 436 g/mol. The summed E-state index contributed by atoms with van der Waals surface area (Å²) in [6.45, 7) is 1.91. The molecular formula is C23H23ClN2O4S. The summed E-state index contributed by atoms with van der Waals surface area (Å²) in [4.78, 5) is 12.3. The van der Waals surface area contributed by atoms with Gasteiger partial charge < -0.3 is 10.1 Å². The molecule has 3 aromatic carbocycles. The van der Waals surface area contributed by atoms with Crippen LogP contribution in [-0.2, 0) is 21.4 Å². The fourth-order valence-electron chi connectivity index (χ4n) is 2.88. The topological polar surface area (TPSA) is 75.7 Å². The molecule has 3 aromatic rings. The molecule has 31 heavy (non-hydrogen) atoms. The van der Waals surface area contributed by atoms with Crippen LogP contribution >= 0.6 is 11.6 Å². The van der Waals surface area contributed by atoms with Gasteiger partial charge in [-0.1, -0.05) is 48.0 Å². The van der Waals surface area contributed by atoms with Crippen molar-refractivity contribution in [1.29, 1.82) is 0 Å². The Labute approximate surface area is 187 Å². The molecule has 0 atom stereocenters. The van der Waals surface area contributed by atoms with E-state index in [9.17, 15) is 13.2 Å². The molecule has 6 nitrogen and oxygen atoms in total. The zero-order chi connectivity index (χ0) is 22.4. The van der Waals surface area contributed by atoms with E-state index in [1.165, 1.54) is 35.6 Å². The lowest BCUT2D eigenvalue weighted by Crippen LogP contribution is -2.26. The highest BCUT2D eigenvalue weighted by molar-refractivity contribution is 7.89. The van der Waals surface area contributed by atoms with Crippen LogP contribution in [0.3, 0.4) is 0 Å². The number of hydrogen-bond acceptors (Lipinski definition) is 4. The molecule has 8 heteroatoms. The molecule has 0 fully saturated rings. The maximum atomic E-state index is 12.8. The van der Waals surface area contributed by atoms with E-state index in [0.717, 1.165) is 11.1 Å². The molecule has 0 saturated carbocycles. The van der Waals surface area contributed by atoms with Gasteiger partial charge in [0.05, 0.1) is 4.90 Å². The summed E-state index contributed by atoms with van der Waals surface area (Å²) < 4.78 is 32.3. The summed E-state index contributed by atoms with van der Waals surface area (Å²) in [6.07, 6.45) is 0. The number of halogens is 1. The van der Waals surface area contributed by atoms with E-state index in [-0.39, 0.29) is 24.0 Å². The second kappa shape index (κ2) is 9.96. The fraction of sp³-hybridized carbons (Fsp3) is 0.174. The summed E-state index contributed by atoms with van der Waals surface area (Å²) in [5, 5.41) is 3.27. The Morgan fingerprint density at radius 1 is 1.03 bits per heavy atom. The Morgan fingerprint density at radius 3 is 2.39 bits per heavy atom. The third-order valence-electron chi connectivity index (χ3n) is 4.62. The van der Waals surface area contributed by atoms with Gasteiger partial charge in [0.15, 0.2) is 6.61 Å². The molecule has 0 aliphatic rings. The zero-order valence-electron chi connectivity index (χ0n) is 17.2. The SMILES string of the molecule is Cc1ccc(Cl)cc1NC(=O)COc1ccc(S(=O)(=O)N(C)Cc2ccccc2)cc1. The Bertz CT molecular complexity index is 1150. The number of ether oxygens (including phenoxy) is 1. The standard InChI is InChI=1S/C23H23ClN2O4S/c1-17-8-9-19(24)14-22(17)25-23(27)16-30-20-10-12-21(13-11-20)31(28,29)26(2)15-18-6-4-3-5-7-18/h3-14H,15-16H2,1-2H3,(H,25,27). The van der Waals surface area contributed by atoms with Crippen LogP contribution in [0.1, 0.15) is 11.1 Å². The van der Waals surface area contributed by atoms with Crippen molar-refractivity contribution in [2.75, 3.05) is 19.0 Å². The van der Waals surface area contributed by atoms with E-state index in [2.05, 4.69) is 5.32 Å². The van der Waals surface area contributed by atoms with Gasteiger partial charge in [-0.2, -0.15) is 4.31 Å². The van der Waals surface area contributed by atoms with Crippen LogP contribution in [0.5, 0.6) is 5.75 Å². The first-order valence-electron chi connectivity index (χ1n) is 9.55. The Morgan fingerprint density at radius 2 is 1.71 bits per heavy atom. The number of carbonyl (C=O) groups excluding carboxylic acids is 1. The van der Waals surface area contributed by atoms with Crippen LogP contribution in [0.15, 0.2) is 77.7 Å². The van der Waals surface area contributed by atoms with Gasteiger partial charge >= 0.3 is 0 Å². The van der Waals surface area contributed by atoms with Crippen molar-refractivity contribution >= 4 is 33.2 Å². The van der Waals surface area contributed by atoms with Crippen LogP contribution in [0.25, 0.3) is 0 Å². The first-order valence-corrected chi connectivity index (χ1v) is 11.4. The Hall–Kier alpha value is -2.87. The molecule has 0 saturated heterocycles. The van der Waals surface area contributed by atoms with Gasteiger partial charge in [0, 0.05) is 24.3 Å². The molecule has 1 amide bonds. The highest BCUT2D eigenvalue weighted by Gasteiger charge is 2.21. The van der Waals surface area contributed by atoms with E-state index in [0.29, 0.717) is 16.5 Å². The molecule has 3 rings (SSSR count). The first kappa shape index (κ1) is 22.8. The van der Waals surface area contributed by atoms with E-state index >= 15 is 0 Å². The molecule has 0 aliphatic heterocycles. The molecule has 0 aliphatic carbocycles. The highest BCUT2D eigenvalue weighted by Crippen LogP contribution is 2.22.